The van der Waals surface area contributed by atoms with Gasteiger partial charge >= 0.3 is 0 Å². The topological polar surface area (TPSA) is 49.6 Å². The molecule has 0 aliphatic carbocycles. The van der Waals surface area contributed by atoms with Crippen molar-refractivity contribution < 1.29 is 4.79 Å². The van der Waals surface area contributed by atoms with Gasteiger partial charge in [-0.25, -0.2) is 0 Å². The van der Waals surface area contributed by atoms with E-state index in [0.717, 1.165) is 26.1 Å². The van der Waals surface area contributed by atoms with Crippen LogP contribution in [0.2, 0.25) is 0 Å². The van der Waals surface area contributed by atoms with Crippen molar-refractivity contribution in [2.45, 2.75) is 33.2 Å². The summed E-state index contributed by atoms with van der Waals surface area (Å²) in [6.45, 7) is 9.63. The van der Waals surface area contributed by atoms with E-state index in [1.54, 1.807) is 0 Å². The van der Waals surface area contributed by atoms with Crippen LogP contribution in [0.25, 0.3) is 0 Å². The molecule has 1 fully saturated rings. The zero-order valence-electron chi connectivity index (χ0n) is 11.6. The zero-order chi connectivity index (χ0) is 13.0. The SMILES string of the molecule is CC(C)C(CN)C(=O)N1CCCN(C)CC1C. The molecule has 4 nitrogen and oxygen atoms in total. The lowest BCUT2D eigenvalue weighted by Crippen LogP contribution is -2.47. The number of rotatable bonds is 3. The van der Waals surface area contributed by atoms with E-state index in [0.29, 0.717) is 18.5 Å². The molecule has 1 amide bonds. The number of carbonyl (C=O) groups is 1. The maximum Gasteiger partial charge on any atom is 0.227 e. The van der Waals surface area contributed by atoms with Gasteiger partial charge in [0.1, 0.15) is 0 Å². The first-order chi connectivity index (χ1) is 7.97. The summed E-state index contributed by atoms with van der Waals surface area (Å²) < 4.78 is 0. The Hall–Kier alpha value is -0.610. The fourth-order valence-electron chi connectivity index (χ4n) is 2.57. The van der Waals surface area contributed by atoms with Crippen LogP contribution in [0, 0.1) is 11.8 Å². The lowest BCUT2D eigenvalue weighted by atomic mass is 9.94. The lowest BCUT2D eigenvalue weighted by Gasteiger charge is -2.32. The van der Waals surface area contributed by atoms with E-state index < -0.39 is 0 Å². The molecular weight excluding hydrogens is 214 g/mol. The third-order valence-electron chi connectivity index (χ3n) is 3.71. The fourth-order valence-corrected chi connectivity index (χ4v) is 2.57. The second-order valence-electron chi connectivity index (χ2n) is 5.58. The minimum atomic E-state index is -0.0270. The van der Waals surface area contributed by atoms with Gasteiger partial charge in [0.2, 0.25) is 5.91 Å². The first kappa shape index (κ1) is 14.5. The van der Waals surface area contributed by atoms with E-state index in [-0.39, 0.29) is 11.8 Å². The van der Waals surface area contributed by atoms with Crippen LogP contribution >= 0.6 is 0 Å². The molecule has 17 heavy (non-hydrogen) atoms. The van der Waals surface area contributed by atoms with Crippen LogP contribution in [0.1, 0.15) is 27.2 Å². The maximum atomic E-state index is 12.5. The molecule has 100 valence electrons. The van der Waals surface area contributed by atoms with Gasteiger partial charge in [-0.2, -0.15) is 0 Å². The molecular formula is C13H27N3O. The monoisotopic (exact) mass is 241 g/mol. The van der Waals surface area contributed by atoms with Gasteiger partial charge in [-0.1, -0.05) is 13.8 Å². The van der Waals surface area contributed by atoms with Crippen LogP contribution in [-0.2, 0) is 4.79 Å². The van der Waals surface area contributed by atoms with Crippen molar-refractivity contribution in [2.75, 3.05) is 33.2 Å². The normalized spacial score (nSPS) is 24.8. The van der Waals surface area contributed by atoms with Crippen molar-refractivity contribution in [1.29, 1.82) is 0 Å². The predicted octanol–water partition coefficient (Wildman–Crippen LogP) is 0.770. The van der Waals surface area contributed by atoms with Gasteiger partial charge in [-0.05, 0) is 32.9 Å². The molecule has 0 aromatic heterocycles. The number of likely N-dealkylation sites (N-methyl/N-ethyl adjacent to an activating group) is 1. The Morgan fingerprint density at radius 1 is 1.41 bits per heavy atom. The molecule has 2 N–H and O–H groups in total. The summed E-state index contributed by atoms with van der Waals surface area (Å²) in [6.07, 6.45) is 1.06. The smallest absolute Gasteiger partial charge is 0.227 e. The Labute approximate surface area is 105 Å². The van der Waals surface area contributed by atoms with Crippen molar-refractivity contribution in [2.24, 2.45) is 17.6 Å². The van der Waals surface area contributed by atoms with Crippen LogP contribution in [0.3, 0.4) is 0 Å². The second kappa shape index (κ2) is 6.36. The first-order valence-corrected chi connectivity index (χ1v) is 6.66. The highest BCUT2D eigenvalue weighted by molar-refractivity contribution is 5.79. The summed E-state index contributed by atoms with van der Waals surface area (Å²) in [5, 5.41) is 0. The quantitative estimate of drug-likeness (QED) is 0.794. The van der Waals surface area contributed by atoms with E-state index in [1.165, 1.54) is 0 Å². The van der Waals surface area contributed by atoms with Gasteiger partial charge in [-0.3, -0.25) is 4.79 Å². The molecule has 0 spiro atoms. The van der Waals surface area contributed by atoms with E-state index in [2.05, 4.69) is 32.7 Å². The number of nitrogens with two attached hydrogens (primary N) is 1. The molecule has 1 aliphatic heterocycles. The van der Waals surface area contributed by atoms with Crippen LogP contribution in [0.5, 0.6) is 0 Å². The van der Waals surface area contributed by atoms with Crippen molar-refractivity contribution in [3.63, 3.8) is 0 Å². The highest BCUT2D eigenvalue weighted by atomic mass is 16.2. The largest absolute Gasteiger partial charge is 0.338 e. The van der Waals surface area contributed by atoms with Crippen molar-refractivity contribution in [3.05, 3.63) is 0 Å². The molecule has 2 unspecified atom stereocenters. The third-order valence-corrected chi connectivity index (χ3v) is 3.71. The summed E-state index contributed by atoms with van der Waals surface area (Å²) >= 11 is 0. The van der Waals surface area contributed by atoms with Crippen LogP contribution in [0.4, 0.5) is 0 Å². The van der Waals surface area contributed by atoms with Crippen molar-refractivity contribution in [1.82, 2.24) is 9.80 Å². The zero-order valence-corrected chi connectivity index (χ0v) is 11.6. The van der Waals surface area contributed by atoms with Crippen LogP contribution in [0.15, 0.2) is 0 Å². The number of hydrogen-bond acceptors (Lipinski definition) is 3. The van der Waals surface area contributed by atoms with Crippen LogP contribution in [-0.4, -0.2) is 55.0 Å². The van der Waals surface area contributed by atoms with E-state index in [9.17, 15) is 4.79 Å². The second-order valence-corrected chi connectivity index (χ2v) is 5.58. The molecule has 4 heteroatoms. The van der Waals surface area contributed by atoms with Gasteiger partial charge in [0.25, 0.3) is 0 Å². The Kier molecular flexibility index (Phi) is 5.40. The summed E-state index contributed by atoms with van der Waals surface area (Å²) in [6, 6.07) is 0.294. The molecule has 1 aliphatic rings. The van der Waals surface area contributed by atoms with Gasteiger partial charge in [0, 0.05) is 25.7 Å². The lowest BCUT2D eigenvalue weighted by molar-refractivity contribution is -0.138. The number of carbonyl (C=O) groups excluding carboxylic acids is 1. The standard InChI is InChI=1S/C13H27N3O/c1-10(2)12(8-14)13(17)16-7-5-6-15(4)9-11(16)3/h10-12H,5-9,14H2,1-4H3. The van der Waals surface area contributed by atoms with Crippen molar-refractivity contribution in [3.8, 4) is 0 Å². The summed E-state index contributed by atoms with van der Waals surface area (Å²) in [5.74, 6) is 0.534. The first-order valence-electron chi connectivity index (χ1n) is 6.66. The van der Waals surface area contributed by atoms with E-state index in [1.807, 2.05) is 4.90 Å². The molecule has 0 aromatic carbocycles. The van der Waals surface area contributed by atoms with Crippen LogP contribution < -0.4 is 5.73 Å². The minimum absolute atomic E-state index is 0.0270. The van der Waals surface area contributed by atoms with Crippen molar-refractivity contribution >= 4 is 5.91 Å². The highest BCUT2D eigenvalue weighted by Gasteiger charge is 2.30. The molecule has 2 atom stereocenters. The maximum absolute atomic E-state index is 12.5. The van der Waals surface area contributed by atoms with E-state index in [4.69, 9.17) is 5.73 Å². The highest BCUT2D eigenvalue weighted by Crippen LogP contribution is 2.17. The molecule has 0 aromatic rings. The molecule has 1 rings (SSSR count). The minimum Gasteiger partial charge on any atom is -0.338 e. The molecule has 0 saturated carbocycles. The predicted molar refractivity (Wildman–Crippen MR) is 70.7 cm³/mol. The van der Waals surface area contributed by atoms with E-state index >= 15 is 0 Å². The molecule has 0 bridgehead atoms. The Balaban J connectivity index is 2.72. The summed E-state index contributed by atoms with van der Waals surface area (Å²) in [5.41, 5.74) is 5.74. The Morgan fingerprint density at radius 2 is 2.06 bits per heavy atom. The number of hydrogen-bond donors (Lipinski definition) is 1. The van der Waals surface area contributed by atoms with Gasteiger partial charge in [0.15, 0.2) is 0 Å². The molecule has 1 heterocycles. The van der Waals surface area contributed by atoms with Gasteiger partial charge in [0.05, 0.1) is 5.92 Å². The summed E-state index contributed by atoms with van der Waals surface area (Å²) in [7, 11) is 2.12. The number of nitrogens with zero attached hydrogens (tertiary/aromatic N) is 2. The summed E-state index contributed by atoms with van der Waals surface area (Å²) in [4.78, 5) is 16.8. The Morgan fingerprint density at radius 3 is 2.59 bits per heavy atom. The average molecular weight is 241 g/mol. The molecule has 0 radical (unpaired) electrons. The average Bonchev–Trinajstić information content (AvgIpc) is 2.39. The third kappa shape index (κ3) is 3.68. The number of amides is 1. The fraction of sp³-hybridized carbons (Fsp3) is 0.923. The van der Waals surface area contributed by atoms with Gasteiger partial charge in [-0.15, -0.1) is 0 Å². The Bertz CT molecular complexity index is 255. The molecule has 1 saturated heterocycles. The van der Waals surface area contributed by atoms with Gasteiger partial charge < -0.3 is 15.5 Å².